The molecule has 0 bridgehead atoms. The van der Waals surface area contributed by atoms with Crippen molar-refractivity contribution in [2.45, 2.75) is 25.9 Å². The summed E-state index contributed by atoms with van der Waals surface area (Å²) in [5.74, 6) is -0.422. The van der Waals surface area contributed by atoms with Crippen molar-refractivity contribution in [3.63, 3.8) is 0 Å². The number of ether oxygens (including phenoxy) is 2. The Bertz CT molecular complexity index is 1290. The van der Waals surface area contributed by atoms with Crippen LogP contribution in [0.3, 0.4) is 0 Å². The van der Waals surface area contributed by atoms with Gasteiger partial charge < -0.3 is 9.47 Å². The van der Waals surface area contributed by atoms with Crippen molar-refractivity contribution in [3.05, 3.63) is 71.0 Å². The van der Waals surface area contributed by atoms with Crippen molar-refractivity contribution < 1.29 is 18.7 Å². The number of aromatic nitrogens is 2. The van der Waals surface area contributed by atoms with Crippen LogP contribution < -0.4 is 4.74 Å². The van der Waals surface area contributed by atoms with Crippen LogP contribution in [0.25, 0.3) is 23.0 Å². The van der Waals surface area contributed by atoms with E-state index in [4.69, 9.17) is 26.8 Å². The zero-order valence-corrected chi connectivity index (χ0v) is 20.8. The minimum Gasteiger partial charge on any atom is -0.491 e. The van der Waals surface area contributed by atoms with E-state index in [-0.39, 0.29) is 17.8 Å². The highest BCUT2D eigenvalue weighted by molar-refractivity contribution is 8.26. The van der Waals surface area contributed by atoms with Crippen molar-refractivity contribution in [2.75, 3.05) is 19.8 Å². The quantitative estimate of drug-likeness (QED) is 0.312. The summed E-state index contributed by atoms with van der Waals surface area (Å²) in [6, 6.07) is 14.4. The molecule has 2 aliphatic rings. The van der Waals surface area contributed by atoms with Gasteiger partial charge >= 0.3 is 0 Å². The van der Waals surface area contributed by atoms with E-state index in [1.54, 1.807) is 27.8 Å². The standard InChI is InChI=1S/C26H24FN3O3S2/c1-2-32-22-11-10-17(13-21(22)27)24-18(15-30(28-24)19-7-4-3-5-8-19)14-23-25(31)29(26(34)35-23)16-20-9-6-12-33-20/h3-5,7-8,10-11,13-15,20H,2,6,9,12,16H2,1H3/b23-14-/t20-/m0/s1. The Hall–Kier alpha value is -3.01. The summed E-state index contributed by atoms with van der Waals surface area (Å²) in [6.45, 7) is 3.36. The Balaban J connectivity index is 1.52. The van der Waals surface area contributed by atoms with E-state index in [1.807, 2.05) is 43.5 Å². The fourth-order valence-electron chi connectivity index (χ4n) is 4.14. The van der Waals surface area contributed by atoms with Crippen LogP contribution >= 0.6 is 24.0 Å². The smallest absolute Gasteiger partial charge is 0.266 e. The van der Waals surface area contributed by atoms with Gasteiger partial charge in [-0.15, -0.1) is 0 Å². The second-order valence-corrected chi connectivity index (χ2v) is 9.89. The second-order valence-electron chi connectivity index (χ2n) is 8.22. The summed E-state index contributed by atoms with van der Waals surface area (Å²) in [5, 5.41) is 4.73. The van der Waals surface area contributed by atoms with Crippen molar-refractivity contribution in [1.29, 1.82) is 0 Å². The summed E-state index contributed by atoms with van der Waals surface area (Å²) in [4.78, 5) is 15.3. The van der Waals surface area contributed by atoms with Crippen LogP contribution in [-0.4, -0.2) is 50.8 Å². The van der Waals surface area contributed by atoms with Crippen molar-refractivity contribution in [1.82, 2.24) is 14.7 Å². The van der Waals surface area contributed by atoms with E-state index in [1.165, 1.54) is 17.8 Å². The average Bonchev–Trinajstić information content (AvgIpc) is 3.59. The van der Waals surface area contributed by atoms with Crippen molar-refractivity contribution in [3.8, 4) is 22.7 Å². The first-order valence-electron chi connectivity index (χ1n) is 11.5. The molecule has 3 aromatic rings. The third-order valence-corrected chi connectivity index (χ3v) is 7.22. The molecule has 3 heterocycles. The summed E-state index contributed by atoms with van der Waals surface area (Å²) >= 11 is 6.76. The van der Waals surface area contributed by atoms with Crippen molar-refractivity contribution >= 4 is 40.3 Å². The molecule has 2 aromatic carbocycles. The molecule has 0 N–H and O–H groups in total. The molecule has 2 fully saturated rings. The number of para-hydroxylation sites is 1. The van der Waals surface area contributed by atoms with Gasteiger partial charge in [0.15, 0.2) is 11.6 Å². The lowest BCUT2D eigenvalue weighted by atomic mass is 10.1. The molecule has 6 nitrogen and oxygen atoms in total. The zero-order valence-electron chi connectivity index (χ0n) is 19.1. The number of hydrogen-bond acceptors (Lipinski definition) is 6. The fraction of sp³-hybridized carbons (Fsp3) is 0.269. The molecule has 0 radical (unpaired) electrons. The SMILES string of the molecule is CCOc1ccc(-c2nn(-c3ccccc3)cc2/C=C2\SC(=S)N(C[C@@H]3CCCO3)C2=O)cc1F. The number of carbonyl (C=O) groups excluding carboxylic acids is 1. The highest BCUT2D eigenvalue weighted by Gasteiger charge is 2.35. The maximum Gasteiger partial charge on any atom is 0.266 e. The Morgan fingerprint density at radius 2 is 2.11 bits per heavy atom. The molecule has 2 saturated heterocycles. The van der Waals surface area contributed by atoms with Gasteiger partial charge in [-0.3, -0.25) is 9.69 Å². The van der Waals surface area contributed by atoms with Crippen LogP contribution in [0.15, 0.2) is 59.6 Å². The number of nitrogens with zero attached hydrogens (tertiary/aromatic N) is 3. The van der Waals surface area contributed by atoms with E-state index in [0.717, 1.165) is 25.1 Å². The van der Waals surface area contributed by atoms with Gasteiger partial charge in [0.05, 0.1) is 29.8 Å². The summed E-state index contributed by atoms with van der Waals surface area (Å²) in [7, 11) is 0. The molecule has 2 aliphatic heterocycles. The first-order chi connectivity index (χ1) is 17.0. The Labute approximate surface area is 212 Å². The van der Waals surface area contributed by atoms with Crippen LogP contribution in [0.1, 0.15) is 25.3 Å². The van der Waals surface area contributed by atoms with Gasteiger partial charge in [0.2, 0.25) is 0 Å². The number of amides is 1. The lowest BCUT2D eigenvalue weighted by Gasteiger charge is -2.18. The van der Waals surface area contributed by atoms with E-state index >= 15 is 0 Å². The third-order valence-electron chi connectivity index (χ3n) is 5.84. The monoisotopic (exact) mass is 509 g/mol. The van der Waals surface area contributed by atoms with Gasteiger partial charge in [-0.25, -0.2) is 9.07 Å². The summed E-state index contributed by atoms with van der Waals surface area (Å²) < 4.78 is 28.0. The molecule has 0 spiro atoms. The maximum atomic E-state index is 14.7. The number of carbonyl (C=O) groups is 1. The predicted octanol–water partition coefficient (Wildman–Crippen LogP) is 5.46. The number of thioether (sulfide) groups is 1. The Morgan fingerprint density at radius 1 is 1.29 bits per heavy atom. The van der Waals surface area contributed by atoms with Crippen LogP contribution in [0, 0.1) is 5.82 Å². The number of rotatable bonds is 7. The lowest BCUT2D eigenvalue weighted by Crippen LogP contribution is -2.35. The average molecular weight is 510 g/mol. The van der Waals surface area contributed by atoms with Crippen LogP contribution in [-0.2, 0) is 9.53 Å². The highest BCUT2D eigenvalue weighted by Crippen LogP contribution is 2.36. The van der Waals surface area contributed by atoms with Gasteiger partial charge in [0.25, 0.3) is 5.91 Å². The zero-order chi connectivity index (χ0) is 24.4. The number of thiocarbonyl (C=S) groups is 1. The molecule has 9 heteroatoms. The number of benzene rings is 2. The second kappa shape index (κ2) is 10.3. The molecular weight excluding hydrogens is 485 g/mol. The van der Waals surface area contributed by atoms with Gasteiger partial charge in [0.1, 0.15) is 10.0 Å². The minimum atomic E-state index is -0.465. The van der Waals surface area contributed by atoms with Crippen LogP contribution in [0.2, 0.25) is 0 Å². The molecule has 0 unspecified atom stereocenters. The number of hydrogen-bond donors (Lipinski definition) is 0. The third kappa shape index (κ3) is 5.03. The van der Waals surface area contributed by atoms with Gasteiger partial charge in [-0.05, 0) is 56.2 Å². The Morgan fingerprint density at radius 3 is 2.83 bits per heavy atom. The first-order valence-corrected chi connectivity index (χ1v) is 12.7. The normalized spacial score (nSPS) is 19.2. The largest absolute Gasteiger partial charge is 0.491 e. The maximum absolute atomic E-state index is 14.7. The lowest BCUT2D eigenvalue weighted by molar-refractivity contribution is -0.123. The summed E-state index contributed by atoms with van der Waals surface area (Å²) in [5.41, 5.74) is 2.68. The van der Waals surface area contributed by atoms with Gasteiger partial charge in [-0.1, -0.05) is 42.2 Å². The molecular formula is C26H24FN3O3S2. The Kier molecular flexibility index (Phi) is 6.99. The first kappa shape index (κ1) is 23.7. The van der Waals surface area contributed by atoms with Gasteiger partial charge in [0, 0.05) is 23.9 Å². The molecule has 1 aromatic heterocycles. The molecule has 180 valence electrons. The predicted molar refractivity (Wildman–Crippen MR) is 139 cm³/mol. The minimum absolute atomic E-state index is 0.0140. The number of halogens is 1. The molecule has 0 aliphatic carbocycles. The van der Waals surface area contributed by atoms with Gasteiger partial charge in [-0.2, -0.15) is 5.10 Å². The molecule has 35 heavy (non-hydrogen) atoms. The van der Waals surface area contributed by atoms with Crippen LogP contribution in [0.4, 0.5) is 4.39 Å². The van der Waals surface area contributed by atoms with Crippen LogP contribution in [0.5, 0.6) is 5.75 Å². The van der Waals surface area contributed by atoms with E-state index < -0.39 is 5.82 Å². The fourth-order valence-corrected chi connectivity index (χ4v) is 5.41. The molecule has 0 saturated carbocycles. The molecule has 5 rings (SSSR count). The van der Waals surface area contributed by atoms with Crippen molar-refractivity contribution in [2.24, 2.45) is 0 Å². The van der Waals surface area contributed by atoms with E-state index in [0.29, 0.717) is 39.2 Å². The molecule has 1 amide bonds. The molecule has 1 atom stereocenters. The summed E-state index contributed by atoms with van der Waals surface area (Å²) in [6.07, 6.45) is 5.56. The van der Waals surface area contributed by atoms with E-state index in [2.05, 4.69) is 0 Å². The highest BCUT2D eigenvalue weighted by atomic mass is 32.2. The van der Waals surface area contributed by atoms with E-state index in [9.17, 15) is 9.18 Å². The topological polar surface area (TPSA) is 56.6 Å².